The van der Waals surface area contributed by atoms with Crippen molar-refractivity contribution in [1.29, 1.82) is 0 Å². The number of aliphatic hydroxyl groups is 1. The van der Waals surface area contributed by atoms with Gasteiger partial charge in [0.15, 0.2) is 17.1 Å². The van der Waals surface area contributed by atoms with Crippen molar-refractivity contribution in [3.63, 3.8) is 0 Å². The highest BCUT2D eigenvalue weighted by molar-refractivity contribution is 6.39. The first-order chi connectivity index (χ1) is 12.7. The second-order valence-corrected chi connectivity index (χ2v) is 8.48. The minimum Gasteiger partial charge on any atom is -0.376 e. The Hall–Kier alpha value is -2.14. The summed E-state index contributed by atoms with van der Waals surface area (Å²) in [4.78, 5) is 13.3. The van der Waals surface area contributed by atoms with Gasteiger partial charge in [-0.1, -0.05) is 79.5 Å². The van der Waals surface area contributed by atoms with Gasteiger partial charge in [-0.3, -0.25) is 4.79 Å². The Morgan fingerprint density at radius 2 is 1.63 bits per heavy atom. The molecule has 1 aliphatic rings. The number of halogens is 2. The summed E-state index contributed by atoms with van der Waals surface area (Å²) in [6.07, 6.45) is 0. The maximum atomic E-state index is 13.3. The normalized spacial score (nSPS) is 19.0. The summed E-state index contributed by atoms with van der Waals surface area (Å²) in [5.74, 6) is -0.161. The van der Waals surface area contributed by atoms with E-state index in [4.69, 9.17) is 27.7 Å². The number of rotatable bonds is 1. The van der Waals surface area contributed by atoms with Gasteiger partial charge in [0.2, 0.25) is 0 Å². The minimum atomic E-state index is -1.54. The van der Waals surface area contributed by atoms with E-state index < -0.39 is 11.0 Å². The van der Waals surface area contributed by atoms with E-state index >= 15 is 0 Å². The lowest BCUT2D eigenvalue weighted by Gasteiger charge is -2.41. The van der Waals surface area contributed by atoms with Crippen molar-refractivity contribution in [2.45, 2.75) is 26.4 Å². The predicted molar refractivity (Wildman–Crippen MR) is 104 cm³/mol. The summed E-state index contributed by atoms with van der Waals surface area (Å²) in [6, 6.07) is 12.0. The smallest absolute Gasteiger partial charge is 0.199 e. The fourth-order valence-electron chi connectivity index (χ4n) is 3.64. The predicted octanol–water partition coefficient (Wildman–Crippen LogP) is 5.47. The van der Waals surface area contributed by atoms with Crippen molar-refractivity contribution in [2.75, 3.05) is 0 Å². The van der Waals surface area contributed by atoms with Crippen molar-refractivity contribution >= 4 is 29.0 Å². The zero-order valence-electron chi connectivity index (χ0n) is 15.0. The van der Waals surface area contributed by atoms with Crippen LogP contribution < -0.4 is 0 Å². The van der Waals surface area contributed by atoms with Crippen LogP contribution in [0.1, 0.15) is 48.0 Å². The Labute approximate surface area is 166 Å². The monoisotopic (exact) mass is 401 g/mol. The van der Waals surface area contributed by atoms with Crippen LogP contribution in [0.15, 0.2) is 47.0 Å². The molecule has 1 N–H and O–H groups in total. The largest absolute Gasteiger partial charge is 0.376 e. The van der Waals surface area contributed by atoms with Gasteiger partial charge in [0.25, 0.3) is 0 Å². The number of hydrogen-bond donors (Lipinski definition) is 1. The van der Waals surface area contributed by atoms with Crippen molar-refractivity contribution in [2.24, 2.45) is 5.41 Å². The van der Waals surface area contributed by atoms with E-state index in [0.717, 1.165) is 0 Å². The number of aromatic nitrogens is 1. The quantitative estimate of drug-likeness (QED) is 0.586. The average molecular weight is 402 g/mol. The van der Waals surface area contributed by atoms with Crippen LogP contribution in [-0.2, 0) is 5.60 Å². The molecular weight excluding hydrogens is 385 g/mol. The zero-order chi connectivity index (χ0) is 19.6. The molecule has 4 rings (SSSR count). The maximum absolute atomic E-state index is 13.3. The Bertz CT molecular complexity index is 1060. The molecule has 1 unspecified atom stereocenters. The van der Waals surface area contributed by atoms with E-state index in [9.17, 15) is 9.90 Å². The molecule has 0 fully saturated rings. The molecule has 0 bridgehead atoms. The summed E-state index contributed by atoms with van der Waals surface area (Å²) in [5.41, 5.74) is -0.442. The van der Waals surface area contributed by atoms with Gasteiger partial charge in [-0.25, -0.2) is 0 Å². The van der Waals surface area contributed by atoms with Crippen LogP contribution in [0.3, 0.4) is 0 Å². The van der Waals surface area contributed by atoms with Crippen molar-refractivity contribution < 1.29 is 14.4 Å². The van der Waals surface area contributed by atoms with Crippen LogP contribution in [0.4, 0.5) is 0 Å². The van der Waals surface area contributed by atoms with Gasteiger partial charge < -0.3 is 9.63 Å². The molecule has 4 nitrogen and oxygen atoms in total. The summed E-state index contributed by atoms with van der Waals surface area (Å²) >= 11 is 12.7. The van der Waals surface area contributed by atoms with E-state index in [2.05, 4.69) is 5.16 Å². The molecule has 1 aliphatic carbocycles. The molecule has 2 aromatic carbocycles. The maximum Gasteiger partial charge on any atom is 0.199 e. The molecule has 0 spiro atoms. The fourth-order valence-corrected chi connectivity index (χ4v) is 4.22. The van der Waals surface area contributed by atoms with Gasteiger partial charge in [0.05, 0.1) is 15.6 Å². The molecule has 1 aromatic heterocycles. The van der Waals surface area contributed by atoms with Crippen LogP contribution in [0.5, 0.6) is 0 Å². The average Bonchev–Trinajstić information content (AvgIpc) is 3.04. The highest BCUT2D eigenvalue weighted by Gasteiger charge is 2.54. The highest BCUT2D eigenvalue weighted by Crippen LogP contribution is 2.52. The standard InChI is InChI=1S/C21H17Cl2NO3/c1-20(2,3)21(26)12-8-5-4-7-11(12)18(25)16-17(24-27-19(16)21)15-13(22)9-6-10-14(15)23/h4-10,26H,1-3H3. The fraction of sp³-hybridized carbons (Fsp3) is 0.238. The molecular formula is C21H17Cl2NO3. The molecule has 3 aromatic rings. The van der Waals surface area contributed by atoms with Gasteiger partial charge in [-0.15, -0.1) is 0 Å². The molecule has 6 heteroatoms. The first kappa shape index (κ1) is 18.2. The Kier molecular flexibility index (Phi) is 4.00. The van der Waals surface area contributed by atoms with E-state index in [1.54, 1.807) is 42.5 Å². The van der Waals surface area contributed by atoms with Crippen LogP contribution in [0.2, 0.25) is 10.0 Å². The van der Waals surface area contributed by atoms with E-state index in [1.165, 1.54) is 0 Å². The van der Waals surface area contributed by atoms with E-state index in [1.807, 2.05) is 20.8 Å². The molecule has 0 saturated carbocycles. The number of carbonyl (C=O) groups is 1. The molecule has 1 atom stereocenters. The number of benzene rings is 2. The first-order valence-electron chi connectivity index (χ1n) is 8.49. The number of carbonyl (C=O) groups excluding carboxylic acids is 1. The second kappa shape index (κ2) is 5.93. The Morgan fingerprint density at radius 1 is 1.00 bits per heavy atom. The third kappa shape index (κ3) is 2.40. The molecule has 0 saturated heterocycles. The minimum absolute atomic E-state index is 0.115. The molecule has 27 heavy (non-hydrogen) atoms. The lowest BCUT2D eigenvalue weighted by molar-refractivity contribution is -0.0491. The van der Waals surface area contributed by atoms with Gasteiger partial charge in [0, 0.05) is 22.1 Å². The first-order valence-corrected chi connectivity index (χ1v) is 9.24. The Morgan fingerprint density at radius 3 is 2.26 bits per heavy atom. The van der Waals surface area contributed by atoms with Crippen molar-refractivity contribution in [3.8, 4) is 11.3 Å². The number of ketones is 1. The van der Waals surface area contributed by atoms with Crippen LogP contribution >= 0.6 is 23.2 Å². The summed E-state index contributed by atoms with van der Waals surface area (Å²) in [6.45, 7) is 5.65. The van der Waals surface area contributed by atoms with Gasteiger partial charge in [-0.2, -0.15) is 0 Å². The topological polar surface area (TPSA) is 63.3 Å². The molecule has 0 aliphatic heterocycles. The number of hydrogen-bond acceptors (Lipinski definition) is 4. The highest BCUT2D eigenvalue weighted by atomic mass is 35.5. The van der Waals surface area contributed by atoms with Crippen LogP contribution in [0, 0.1) is 5.41 Å². The summed E-state index contributed by atoms with van der Waals surface area (Å²) in [7, 11) is 0. The van der Waals surface area contributed by atoms with Gasteiger partial charge in [0.1, 0.15) is 5.69 Å². The summed E-state index contributed by atoms with van der Waals surface area (Å²) in [5, 5.41) is 16.6. The Balaban J connectivity index is 2.09. The van der Waals surface area contributed by atoms with Gasteiger partial charge in [-0.05, 0) is 12.1 Å². The number of fused-ring (bicyclic) bond motifs is 2. The van der Waals surface area contributed by atoms with E-state index in [-0.39, 0.29) is 22.8 Å². The third-order valence-electron chi connectivity index (χ3n) is 5.09. The van der Waals surface area contributed by atoms with Crippen LogP contribution in [0.25, 0.3) is 11.3 Å². The molecule has 0 amide bonds. The second-order valence-electron chi connectivity index (χ2n) is 7.67. The summed E-state index contributed by atoms with van der Waals surface area (Å²) < 4.78 is 5.58. The van der Waals surface area contributed by atoms with Crippen molar-refractivity contribution in [1.82, 2.24) is 5.16 Å². The van der Waals surface area contributed by atoms with E-state index in [0.29, 0.717) is 26.7 Å². The van der Waals surface area contributed by atoms with Crippen LogP contribution in [-0.4, -0.2) is 16.0 Å². The SMILES string of the molecule is CC(C)(C)C1(O)c2ccccc2C(=O)c2c(-c3c(Cl)cccc3Cl)noc21. The molecule has 0 radical (unpaired) electrons. The lowest BCUT2D eigenvalue weighted by atomic mass is 9.65. The zero-order valence-corrected chi connectivity index (χ0v) is 16.5. The van der Waals surface area contributed by atoms with Gasteiger partial charge >= 0.3 is 0 Å². The van der Waals surface area contributed by atoms with Crippen molar-refractivity contribution in [3.05, 3.63) is 75.0 Å². The number of nitrogens with zero attached hydrogens (tertiary/aromatic N) is 1. The molecule has 138 valence electrons. The lowest BCUT2D eigenvalue weighted by Crippen LogP contribution is -2.45. The third-order valence-corrected chi connectivity index (χ3v) is 5.72. The molecule has 1 heterocycles.